The van der Waals surface area contributed by atoms with Crippen LogP contribution in [0.1, 0.15) is 47.9 Å². The largest absolute Gasteiger partial charge is 0.460 e. The fraction of sp³-hybridized carbons (Fsp3) is 0.417. The first-order chi connectivity index (χ1) is 15.2. The molecule has 168 valence electrons. The Balaban J connectivity index is 1.58. The van der Waals surface area contributed by atoms with E-state index in [4.69, 9.17) is 4.74 Å². The lowest BCUT2D eigenvalue weighted by molar-refractivity contribution is -0.157. The number of rotatable bonds is 4. The molecule has 2 aliphatic rings. The van der Waals surface area contributed by atoms with E-state index in [9.17, 15) is 14.4 Å². The van der Waals surface area contributed by atoms with E-state index in [2.05, 4.69) is 9.88 Å². The molecule has 1 aromatic carbocycles. The zero-order valence-corrected chi connectivity index (χ0v) is 18.7. The summed E-state index contributed by atoms with van der Waals surface area (Å²) < 4.78 is 5.47. The van der Waals surface area contributed by atoms with Crippen molar-refractivity contribution in [1.29, 1.82) is 0 Å². The van der Waals surface area contributed by atoms with Gasteiger partial charge in [0, 0.05) is 55.4 Å². The summed E-state index contributed by atoms with van der Waals surface area (Å²) in [4.78, 5) is 45.7. The summed E-state index contributed by atoms with van der Waals surface area (Å²) in [5.74, 6) is -1.03. The predicted molar refractivity (Wildman–Crippen MR) is 119 cm³/mol. The second-order valence-electron chi connectivity index (χ2n) is 9.05. The summed E-state index contributed by atoms with van der Waals surface area (Å²) in [6.45, 7) is 7.79. The summed E-state index contributed by atoms with van der Waals surface area (Å²) in [6, 6.07) is 9.67. The number of nitrogens with zero attached hydrogens (tertiary/aromatic N) is 4. The molecule has 1 saturated heterocycles. The van der Waals surface area contributed by atoms with E-state index >= 15 is 0 Å². The second-order valence-corrected chi connectivity index (χ2v) is 9.05. The molecule has 3 heterocycles. The quantitative estimate of drug-likeness (QED) is 0.681. The molecule has 2 bridgehead atoms. The molecule has 0 unspecified atom stereocenters. The smallest absolute Gasteiger partial charge is 0.308 e. The van der Waals surface area contributed by atoms with Crippen molar-refractivity contribution < 1.29 is 19.1 Å². The molecule has 1 atom stereocenters. The fourth-order valence-electron chi connectivity index (χ4n) is 4.15. The van der Waals surface area contributed by atoms with Crippen molar-refractivity contribution in [3.63, 3.8) is 0 Å². The molecule has 4 rings (SSSR count). The summed E-state index contributed by atoms with van der Waals surface area (Å²) in [5, 5.41) is 3.38. The number of carbonyl (C=O) groups is 3. The lowest BCUT2D eigenvalue weighted by Crippen LogP contribution is -2.60. The number of Topliss-reactive ketones (excluding diaryl/α,β-unsaturated/α-hetero) is 1. The maximum absolute atomic E-state index is 13.4. The molecule has 0 radical (unpaired) electrons. The van der Waals surface area contributed by atoms with Crippen molar-refractivity contribution in [3.05, 3.63) is 59.9 Å². The molecule has 8 nitrogen and oxygen atoms in total. The molecule has 1 fully saturated rings. The Morgan fingerprint density at radius 1 is 1.03 bits per heavy atom. The van der Waals surface area contributed by atoms with E-state index in [1.807, 2.05) is 17.1 Å². The van der Waals surface area contributed by atoms with Crippen molar-refractivity contribution >= 4 is 23.3 Å². The first kappa shape index (κ1) is 22.0. The Labute approximate surface area is 187 Å². The first-order valence-electron chi connectivity index (χ1n) is 10.8. The number of fused-ring (bicyclic) bond motifs is 2. The molecular formula is C24H28N4O4. The number of ketones is 1. The van der Waals surface area contributed by atoms with Crippen LogP contribution < -0.4 is 4.90 Å². The van der Waals surface area contributed by atoms with Gasteiger partial charge in [-0.3, -0.25) is 24.4 Å². The van der Waals surface area contributed by atoms with Crippen LogP contribution in [-0.4, -0.2) is 70.5 Å². The zero-order chi connectivity index (χ0) is 22.9. The van der Waals surface area contributed by atoms with Gasteiger partial charge in [0.2, 0.25) is 0 Å². The third-order valence-electron chi connectivity index (χ3n) is 5.57. The number of hydrazine groups is 1. The fourth-order valence-corrected chi connectivity index (χ4v) is 4.15. The lowest BCUT2D eigenvalue weighted by Gasteiger charge is -2.44. The number of pyridine rings is 1. The number of hydrogen-bond acceptors (Lipinski definition) is 7. The van der Waals surface area contributed by atoms with Crippen LogP contribution in [0.25, 0.3) is 0 Å². The summed E-state index contributed by atoms with van der Waals surface area (Å²) in [5.41, 5.74) is 1.27. The van der Waals surface area contributed by atoms with Gasteiger partial charge in [-0.05, 0) is 45.0 Å². The van der Waals surface area contributed by atoms with Gasteiger partial charge in [-0.15, -0.1) is 0 Å². The number of piperazine rings is 1. The van der Waals surface area contributed by atoms with Crippen molar-refractivity contribution in [2.45, 2.75) is 38.8 Å². The molecule has 0 N–H and O–H groups in total. The van der Waals surface area contributed by atoms with Gasteiger partial charge >= 0.3 is 5.97 Å². The van der Waals surface area contributed by atoms with Crippen LogP contribution in [0, 0.1) is 0 Å². The van der Waals surface area contributed by atoms with Crippen LogP contribution in [0.15, 0.2) is 48.8 Å². The Bertz CT molecular complexity index is 1010. The average Bonchev–Trinajstić information content (AvgIpc) is 2.83. The first-order valence-corrected chi connectivity index (χ1v) is 10.8. The van der Waals surface area contributed by atoms with Crippen molar-refractivity contribution in [2.75, 3.05) is 31.1 Å². The number of ether oxygens (including phenoxy) is 1. The number of anilines is 1. The molecule has 1 amide bonds. The van der Waals surface area contributed by atoms with Crippen molar-refractivity contribution in [3.8, 4) is 0 Å². The van der Waals surface area contributed by atoms with Crippen molar-refractivity contribution in [1.82, 2.24) is 15.0 Å². The molecule has 0 spiro atoms. The van der Waals surface area contributed by atoms with Gasteiger partial charge in [0.15, 0.2) is 5.78 Å². The highest BCUT2D eigenvalue weighted by Crippen LogP contribution is 2.26. The highest BCUT2D eigenvalue weighted by atomic mass is 16.6. The second kappa shape index (κ2) is 8.70. The number of amides is 1. The van der Waals surface area contributed by atoms with Crippen molar-refractivity contribution in [2.24, 2.45) is 0 Å². The Hall–Kier alpha value is -3.26. The number of hydrogen-bond donors (Lipinski definition) is 0. The third-order valence-corrected chi connectivity index (χ3v) is 5.57. The highest BCUT2D eigenvalue weighted by Gasteiger charge is 2.41. The summed E-state index contributed by atoms with van der Waals surface area (Å²) >= 11 is 0. The number of aromatic nitrogens is 1. The van der Waals surface area contributed by atoms with Gasteiger partial charge in [-0.1, -0.05) is 12.1 Å². The third kappa shape index (κ3) is 4.65. The summed E-state index contributed by atoms with van der Waals surface area (Å²) in [6.07, 6.45) is 3.32. The summed E-state index contributed by atoms with van der Waals surface area (Å²) in [7, 11) is 0. The molecule has 1 aromatic heterocycles. The molecule has 2 aromatic rings. The Morgan fingerprint density at radius 2 is 1.69 bits per heavy atom. The van der Waals surface area contributed by atoms with E-state index in [0.29, 0.717) is 37.3 Å². The maximum Gasteiger partial charge on any atom is 0.308 e. The van der Waals surface area contributed by atoms with E-state index in [1.165, 1.54) is 5.01 Å². The SMILES string of the molecule is CC(C)(C)OC(=O)C[C@H]1C(=O)c2cccc(c2)C(=O)N1N1CCN(c2ccncc2)CC1. The van der Waals surface area contributed by atoms with Crippen LogP contribution >= 0.6 is 0 Å². The number of benzene rings is 1. The van der Waals surface area contributed by atoms with Gasteiger partial charge in [0.1, 0.15) is 11.6 Å². The van der Waals surface area contributed by atoms with Gasteiger partial charge in [0.05, 0.1) is 6.42 Å². The molecule has 32 heavy (non-hydrogen) atoms. The maximum atomic E-state index is 13.4. The van der Waals surface area contributed by atoms with Gasteiger partial charge < -0.3 is 9.64 Å². The normalized spacial score (nSPS) is 19.7. The minimum atomic E-state index is -0.940. The Kier molecular flexibility index (Phi) is 5.97. The topological polar surface area (TPSA) is 83.0 Å². The van der Waals surface area contributed by atoms with Crippen LogP contribution in [-0.2, 0) is 9.53 Å². The van der Waals surface area contributed by atoms with Crippen LogP contribution in [0.3, 0.4) is 0 Å². The van der Waals surface area contributed by atoms with E-state index in [-0.39, 0.29) is 18.1 Å². The van der Waals surface area contributed by atoms with Crippen LogP contribution in [0.5, 0.6) is 0 Å². The van der Waals surface area contributed by atoms with E-state index < -0.39 is 17.6 Å². The van der Waals surface area contributed by atoms with Crippen LogP contribution in [0.4, 0.5) is 5.69 Å². The Morgan fingerprint density at radius 3 is 2.34 bits per heavy atom. The number of esters is 1. The monoisotopic (exact) mass is 436 g/mol. The van der Waals surface area contributed by atoms with Gasteiger partial charge in [-0.25, -0.2) is 5.01 Å². The highest BCUT2D eigenvalue weighted by molar-refractivity contribution is 6.09. The van der Waals surface area contributed by atoms with E-state index in [1.54, 1.807) is 57.4 Å². The molecule has 0 saturated carbocycles. The van der Waals surface area contributed by atoms with E-state index in [0.717, 1.165) is 5.69 Å². The minimum Gasteiger partial charge on any atom is -0.460 e. The predicted octanol–water partition coefficient (Wildman–Crippen LogP) is 2.56. The molecule has 2 aliphatic heterocycles. The van der Waals surface area contributed by atoms with Crippen LogP contribution in [0.2, 0.25) is 0 Å². The average molecular weight is 437 g/mol. The molecule has 8 heteroatoms. The van der Waals surface area contributed by atoms with Gasteiger partial charge in [-0.2, -0.15) is 0 Å². The van der Waals surface area contributed by atoms with Gasteiger partial charge in [0.25, 0.3) is 5.91 Å². The molecule has 0 aliphatic carbocycles. The molecular weight excluding hydrogens is 408 g/mol. The minimum absolute atomic E-state index is 0.190. The zero-order valence-electron chi connectivity index (χ0n) is 18.7. The number of carbonyl (C=O) groups excluding carboxylic acids is 3. The standard InChI is InChI=1S/C24H28N4O4/c1-24(2,3)32-21(29)16-20-22(30)17-5-4-6-18(15-17)23(31)28(20)27-13-11-26(12-14-27)19-7-9-25-10-8-19/h4-10,15,20H,11-14,16H2,1-3H3/t20-/m0/s1. The lowest BCUT2D eigenvalue weighted by atomic mass is 10.0.